The molecule has 3 nitrogen and oxygen atoms in total. The fourth-order valence-electron chi connectivity index (χ4n) is 1.98. The van der Waals surface area contributed by atoms with E-state index in [1.165, 1.54) is 17.4 Å². The van der Waals surface area contributed by atoms with Crippen molar-refractivity contribution in [2.24, 2.45) is 0 Å². The summed E-state index contributed by atoms with van der Waals surface area (Å²) in [6, 6.07) is 11.9. The molecule has 4 heteroatoms. The van der Waals surface area contributed by atoms with Crippen molar-refractivity contribution in [3.05, 3.63) is 58.3 Å². The quantitative estimate of drug-likeness (QED) is 0.623. The van der Waals surface area contributed by atoms with Crippen LogP contribution >= 0.6 is 11.3 Å². The van der Waals surface area contributed by atoms with Gasteiger partial charge in [-0.1, -0.05) is 24.3 Å². The molecule has 0 saturated carbocycles. The summed E-state index contributed by atoms with van der Waals surface area (Å²) in [5, 5.41) is 12.1. The second-order valence-electron chi connectivity index (χ2n) is 3.90. The Labute approximate surface area is 106 Å². The smallest absolute Gasteiger partial charge is 0.195 e. The molecule has 0 N–H and O–H groups in total. The van der Waals surface area contributed by atoms with E-state index in [1.54, 1.807) is 24.3 Å². The fraction of sp³-hybridized carbons (Fsp3) is 0. The third-order valence-corrected chi connectivity index (χ3v) is 4.04. The van der Waals surface area contributed by atoms with Crippen LogP contribution in [0.25, 0.3) is 20.2 Å². The average Bonchev–Trinajstić information content (AvgIpc) is 2.38. The van der Waals surface area contributed by atoms with Gasteiger partial charge in [-0.15, -0.1) is 11.3 Å². The molecule has 3 aromatic rings. The zero-order valence-corrected chi connectivity index (χ0v) is 9.99. The zero-order valence-electron chi connectivity index (χ0n) is 9.17. The average molecular weight is 255 g/mol. The van der Waals surface area contributed by atoms with E-state index >= 15 is 0 Å². The highest BCUT2D eigenvalue weighted by Crippen LogP contribution is 2.26. The van der Waals surface area contributed by atoms with Crippen LogP contribution in [0.5, 0.6) is 0 Å². The van der Waals surface area contributed by atoms with Gasteiger partial charge >= 0.3 is 0 Å². The standard InChI is InChI=1S/C14H8O3S/c15-12-8-4-1-2-7-11(8)18-13-9(12)5-3-6-10(13)14(16)17/h1-7H,(H,16,17)/p-1. The molecule has 3 rings (SSSR count). The molecule has 0 amide bonds. The molecule has 0 fully saturated rings. The van der Waals surface area contributed by atoms with Gasteiger partial charge < -0.3 is 9.90 Å². The minimum absolute atomic E-state index is 0.0698. The maximum absolute atomic E-state index is 12.3. The molecule has 0 bridgehead atoms. The van der Waals surface area contributed by atoms with Gasteiger partial charge in [0.2, 0.25) is 0 Å². The summed E-state index contributed by atoms with van der Waals surface area (Å²) in [4.78, 5) is 23.3. The van der Waals surface area contributed by atoms with Crippen molar-refractivity contribution in [1.82, 2.24) is 0 Å². The van der Waals surface area contributed by atoms with Gasteiger partial charge in [0.15, 0.2) is 5.43 Å². The minimum Gasteiger partial charge on any atom is -0.545 e. The Morgan fingerprint density at radius 2 is 1.72 bits per heavy atom. The molecule has 2 aromatic carbocycles. The summed E-state index contributed by atoms with van der Waals surface area (Å²) in [6.07, 6.45) is 0. The first-order valence-corrected chi connectivity index (χ1v) is 6.16. The number of aromatic carboxylic acids is 1. The molecular weight excluding hydrogens is 248 g/mol. The first-order valence-electron chi connectivity index (χ1n) is 5.34. The van der Waals surface area contributed by atoms with Crippen molar-refractivity contribution in [2.45, 2.75) is 0 Å². The number of hydrogen-bond acceptors (Lipinski definition) is 4. The Bertz CT molecular complexity index is 833. The van der Waals surface area contributed by atoms with Gasteiger partial charge in [-0.25, -0.2) is 0 Å². The van der Waals surface area contributed by atoms with E-state index in [2.05, 4.69) is 0 Å². The van der Waals surface area contributed by atoms with Crippen LogP contribution in [0.4, 0.5) is 0 Å². The SMILES string of the molecule is O=C([O-])c1cccc2c(=O)c3ccccc3sc12. The molecule has 0 aliphatic rings. The number of carbonyl (C=O) groups excluding carboxylic acids is 1. The van der Waals surface area contributed by atoms with Crippen molar-refractivity contribution in [2.75, 3.05) is 0 Å². The van der Waals surface area contributed by atoms with Crippen LogP contribution in [0.3, 0.4) is 0 Å². The minimum atomic E-state index is -1.26. The van der Waals surface area contributed by atoms with Gasteiger partial charge in [0.05, 0.1) is 5.97 Å². The van der Waals surface area contributed by atoms with Crippen LogP contribution < -0.4 is 10.5 Å². The molecule has 0 spiro atoms. The summed E-state index contributed by atoms with van der Waals surface area (Å²) in [7, 11) is 0. The number of fused-ring (bicyclic) bond motifs is 2. The summed E-state index contributed by atoms with van der Waals surface area (Å²) in [5.74, 6) is -1.26. The lowest BCUT2D eigenvalue weighted by molar-refractivity contribution is -0.254. The molecule has 0 aliphatic carbocycles. The lowest BCUT2D eigenvalue weighted by Crippen LogP contribution is -2.22. The highest BCUT2D eigenvalue weighted by molar-refractivity contribution is 7.24. The highest BCUT2D eigenvalue weighted by Gasteiger charge is 2.08. The lowest BCUT2D eigenvalue weighted by atomic mass is 10.1. The largest absolute Gasteiger partial charge is 0.545 e. The van der Waals surface area contributed by atoms with Crippen molar-refractivity contribution in [1.29, 1.82) is 0 Å². The van der Waals surface area contributed by atoms with Crippen molar-refractivity contribution in [3.8, 4) is 0 Å². The first-order chi connectivity index (χ1) is 8.68. The van der Waals surface area contributed by atoms with Crippen LogP contribution in [0.2, 0.25) is 0 Å². The van der Waals surface area contributed by atoms with E-state index in [-0.39, 0.29) is 11.0 Å². The number of carboxylic acid groups (broad SMARTS) is 1. The molecule has 0 radical (unpaired) electrons. The predicted octanol–water partition coefficient (Wildman–Crippen LogP) is 1.78. The van der Waals surface area contributed by atoms with Crippen LogP contribution in [0, 0.1) is 0 Å². The molecule has 0 unspecified atom stereocenters. The molecule has 0 saturated heterocycles. The van der Waals surface area contributed by atoms with Crippen LogP contribution in [-0.4, -0.2) is 5.97 Å². The molecule has 1 heterocycles. The normalized spacial score (nSPS) is 10.9. The molecular formula is C14H7O3S-. The Hall–Kier alpha value is -2.20. The lowest BCUT2D eigenvalue weighted by Gasteiger charge is -2.07. The van der Waals surface area contributed by atoms with E-state index in [0.717, 1.165) is 4.70 Å². The monoisotopic (exact) mass is 255 g/mol. The topological polar surface area (TPSA) is 57.2 Å². The Balaban J connectivity index is 2.60. The van der Waals surface area contributed by atoms with Gasteiger partial charge in [-0.05, 0) is 18.2 Å². The molecule has 18 heavy (non-hydrogen) atoms. The van der Waals surface area contributed by atoms with Gasteiger partial charge in [-0.2, -0.15) is 0 Å². The molecule has 0 atom stereocenters. The summed E-state index contributed by atoms with van der Waals surface area (Å²) in [6.45, 7) is 0. The molecule has 1 aromatic heterocycles. The second kappa shape index (κ2) is 3.92. The van der Waals surface area contributed by atoms with Crippen molar-refractivity contribution >= 4 is 37.5 Å². The Morgan fingerprint density at radius 1 is 1.00 bits per heavy atom. The van der Waals surface area contributed by atoms with E-state index < -0.39 is 5.97 Å². The Kier molecular flexibility index (Phi) is 2.38. The summed E-state index contributed by atoms with van der Waals surface area (Å²) < 4.78 is 1.25. The zero-order chi connectivity index (χ0) is 12.7. The number of carboxylic acids is 1. The van der Waals surface area contributed by atoms with Gasteiger partial charge in [0, 0.05) is 25.7 Å². The van der Waals surface area contributed by atoms with Crippen LogP contribution in [-0.2, 0) is 0 Å². The second-order valence-corrected chi connectivity index (χ2v) is 4.95. The van der Waals surface area contributed by atoms with E-state index in [4.69, 9.17) is 0 Å². The van der Waals surface area contributed by atoms with Crippen LogP contribution in [0.1, 0.15) is 10.4 Å². The van der Waals surface area contributed by atoms with Crippen LogP contribution in [0.15, 0.2) is 47.3 Å². The summed E-state index contributed by atoms with van der Waals surface area (Å²) in [5.41, 5.74) is -0.0668. The van der Waals surface area contributed by atoms with Crippen molar-refractivity contribution in [3.63, 3.8) is 0 Å². The third kappa shape index (κ3) is 1.50. The van der Waals surface area contributed by atoms with E-state index in [1.807, 2.05) is 12.1 Å². The maximum Gasteiger partial charge on any atom is 0.195 e. The first kappa shape index (κ1) is 10.9. The molecule has 88 valence electrons. The summed E-state index contributed by atoms with van der Waals surface area (Å²) >= 11 is 1.30. The number of benzene rings is 2. The van der Waals surface area contributed by atoms with Gasteiger partial charge in [0.1, 0.15) is 0 Å². The Morgan fingerprint density at radius 3 is 2.50 bits per heavy atom. The maximum atomic E-state index is 12.3. The number of hydrogen-bond donors (Lipinski definition) is 0. The molecule has 0 aliphatic heterocycles. The van der Waals surface area contributed by atoms with Gasteiger partial charge in [-0.3, -0.25) is 4.79 Å². The predicted molar refractivity (Wildman–Crippen MR) is 69.9 cm³/mol. The highest BCUT2D eigenvalue weighted by atomic mass is 32.1. The van der Waals surface area contributed by atoms with Gasteiger partial charge in [0.25, 0.3) is 0 Å². The van der Waals surface area contributed by atoms with E-state index in [0.29, 0.717) is 15.5 Å². The third-order valence-electron chi connectivity index (χ3n) is 2.82. The van der Waals surface area contributed by atoms with E-state index in [9.17, 15) is 14.7 Å². The van der Waals surface area contributed by atoms with Crippen molar-refractivity contribution < 1.29 is 9.90 Å². The number of rotatable bonds is 1. The fourth-order valence-corrected chi connectivity index (χ4v) is 3.15. The number of carbonyl (C=O) groups is 1.